The lowest BCUT2D eigenvalue weighted by Crippen LogP contribution is -1.99. The molecule has 4 rings (SSSR count). The fourth-order valence-corrected chi connectivity index (χ4v) is 3.05. The van der Waals surface area contributed by atoms with Crippen LogP contribution in [0, 0.1) is 0 Å². The van der Waals surface area contributed by atoms with Crippen LogP contribution in [-0.2, 0) is 6.61 Å². The minimum Gasteiger partial charge on any atom is -0.488 e. The maximum absolute atomic E-state index is 6.31. The van der Waals surface area contributed by atoms with Crippen LogP contribution in [0.2, 0.25) is 0 Å². The molecule has 0 saturated carbocycles. The summed E-state index contributed by atoms with van der Waals surface area (Å²) in [6, 6.07) is 32.6. The van der Waals surface area contributed by atoms with Crippen molar-refractivity contribution in [2.75, 3.05) is 0 Å². The molecule has 2 nitrogen and oxygen atoms in total. The second-order valence-corrected chi connectivity index (χ2v) is 6.46. The number of nitrogens with zero attached hydrogens (tertiary/aromatic N) is 1. The molecule has 0 atom stereocenters. The Labute approximate surface area is 165 Å². The number of ether oxygens (including phenoxy) is 1. The number of benzene rings is 3. The molecule has 4 aromatic rings. The highest BCUT2D eigenvalue weighted by Gasteiger charge is 2.11. The van der Waals surface area contributed by atoms with Gasteiger partial charge in [-0.2, -0.15) is 0 Å². The van der Waals surface area contributed by atoms with Crippen LogP contribution >= 0.6 is 0 Å². The molecule has 0 amide bonds. The molecule has 0 radical (unpaired) electrons. The van der Waals surface area contributed by atoms with Crippen LogP contribution in [0.1, 0.15) is 16.7 Å². The van der Waals surface area contributed by atoms with E-state index in [0.29, 0.717) is 6.61 Å². The molecule has 28 heavy (non-hydrogen) atoms. The summed E-state index contributed by atoms with van der Waals surface area (Å²) in [5.41, 5.74) is 5.21. The van der Waals surface area contributed by atoms with Gasteiger partial charge in [0.05, 0.1) is 5.69 Å². The highest BCUT2D eigenvalue weighted by Crippen LogP contribution is 2.34. The molecule has 0 fully saturated rings. The summed E-state index contributed by atoms with van der Waals surface area (Å²) in [6.45, 7) is 0.511. The van der Waals surface area contributed by atoms with Crippen molar-refractivity contribution >= 4 is 12.2 Å². The van der Waals surface area contributed by atoms with Crippen LogP contribution < -0.4 is 4.74 Å². The number of pyridine rings is 1. The molecule has 0 aliphatic heterocycles. The first kappa shape index (κ1) is 17.7. The van der Waals surface area contributed by atoms with Gasteiger partial charge in [0.25, 0.3) is 0 Å². The summed E-state index contributed by atoms with van der Waals surface area (Å²) in [7, 11) is 0. The van der Waals surface area contributed by atoms with Crippen LogP contribution in [0.15, 0.2) is 103 Å². The molecule has 0 N–H and O–H groups in total. The smallest absolute Gasteiger partial charge is 0.136 e. The van der Waals surface area contributed by atoms with Crippen LogP contribution in [-0.4, -0.2) is 4.98 Å². The number of rotatable bonds is 6. The Bertz CT molecular complexity index is 1040. The third-order valence-corrected chi connectivity index (χ3v) is 4.47. The van der Waals surface area contributed by atoms with Crippen molar-refractivity contribution in [3.8, 4) is 17.0 Å². The molecule has 0 bridgehead atoms. The molecule has 0 spiro atoms. The van der Waals surface area contributed by atoms with E-state index >= 15 is 0 Å². The lowest BCUT2D eigenvalue weighted by atomic mass is 10.0. The first-order valence-corrected chi connectivity index (χ1v) is 9.34. The lowest BCUT2D eigenvalue weighted by Gasteiger charge is -2.14. The zero-order valence-corrected chi connectivity index (χ0v) is 15.5. The Hall–Kier alpha value is -3.65. The molecular weight excluding hydrogens is 342 g/mol. The quantitative estimate of drug-likeness (QED) is 0.365. The van der Waals surface area contributed by atoms with Crippen molar-refractivity contribution in [2.24, 2.45) is 0 Å². The first-order valence-electron chi connectivity index (χ1n) is 9.34. The standard InChI is InChI=1S/C26H21NO/c1-3-10-21(11-4-1)17-18-23-14-9-15-24(25-16-7-8-19-27-25)26(23)28-20-22-12-5-2-6-13-22/h1-19H,20H2. The van der Waals surface area contributed by atoms with E-state index in [1.807, 2.05) is 66.9 Å². The largest absolute Gasteiger partial charge is 0.488 e. The maximum Gasteiger partial charge on any atom is 0.136 e. The highest BCUT2D eigenvalue weighted by atomic mass is 16.5. The molecule has 2 heteroatoms. The van der Waals surface area contributed by atoms with Crippen LogP contribution in [0.3, 0.4) is 0 Å². The Balaban J connectivity index is 1.71. The summed E-state index contributed by atoms with van der Waals surface area (Å²) in [5, 5.41) is 0. The van der Waals surface area contributed by atoms with Crippen LogP contribution in [0.5, 0.6) is 5.75 Å². The van der Waals surface area contributed by atoms with Crippen molar-refractivity contribution in [2.45, 2.75) is 6.61 Å². The molecule has 0 aliphatic carbocycles. The Morgan fingerprint density at radius 1 is 0.679 bits per heavy atom. The van der Waals surface area contributed by atoms with E-state index < -0.39 is 0 Å². The summed E-state index contributed by atoms with van der Waals surface area (Å²) in [6.07, 6.45) is 6.01. The molecule has 136 valence electrons. The van der Waals surface area contributed by atoms with E-state index in [1.165, 1.54) is 0 Å². The van der Waals surface area contributed by atoms with Gasteiger partial charge in [-0.3, -0.25) is 4.98 Å². The summed E-state index contributed by atoms with van der Waals surface area (Å²) in [5.74, 6) is 0.845. The number of hydrogen-bond donors (Lipinski definition) is 0. The second kappa shape index (κ2) is 8.83. The number of para-hydroxylation sites is 1. The van der Waals surface area contributed by atoms with E-state index in [-0.39, 0.29) is 0 Å². The minimum atomic E-state index is 0.511. The fraction of sp³-hybridized carbons (Fsp3) is 0.0385. The molecule has 0 unspecified atom stereocenters. The Morgan fingerprint density at radius 3 is 2.18 bits per heavy atom. The van der Waals surface area contributed by atoms with Crippen molar-refractivity contribution < 1.29 is 4.74 Å². The average molecular weight is 363 g/mol. The zero-order valence-electron chi connectivity index (χ0n) is 15.5. The van der Waals surface area contributed by atoms with Crippen LogP contribution in [0.25, 0.3) is 23.4 Å². The van der Waals surface area contributed by atoms with Gasteiger partial charge in [0.15, 0.2) is 0 Å². The molecule has 1 heterocycles. The second-order valence-electron chi connectivity index (χ2n) is 6.46. The number of aromatic nitrogens is 1. The van der Waals surface area contributed by atoms with E-state index in [9.17, 15) is 0 Å². The van der Waals surface area contributed by atoms with Gasteiger partial charge < -0.3 is 4.74 Å². The SMILES string of the molecule is C(=Cc1cccc(-c2ccccn2)c1OCc1ccccc1)c1ccccc1. The van der Waals surface area contributed by atoms with E-state index in [2.05, 4.69) is 53.5 Å². The van der Waals surface area contributed by atoms with E-state index in [4.69, 9.17) is 4.74 Å². The predicted molar refractivity (Wildman–Crippen MR) is 116 cm³/mol. The Kier molecular flexibility index (Phi) is 5.60. The van der Waals surface area contributed by atoms with Gasteiger partial charge in [0.2, 0.25) is 0 Å². The molecule has 3 aromatic carbocycles. The molecule has 0 aliphatic rings. The van der Waals surface area contributed by atoms with E-state index in [1.54, 1.807) is 0 Å². The molecular formula is C26H21NO. The van der Waals surface area contributed by atoms with Crippen molar-refractivity contribution in [3.05, 3.63) is 120 Å². The topological polar surface area (TPSA) is 22.1 Å². The normalized spacial score (nSPS) is 10.9. The van der Waals surface area contributed by atoms with Gasteiger partial charge in [-0.05, 0) is 29.3 Å². The highest BCUT2D eigenvalue weighted by molar-refractivity contribution is 5.79. The molecule has 0 saturated heterocycles. The van der Waals surface area contributed by atoms with Crippen molar-refractivity contribution in [3.63, 3.8) is 0 Å². The van der Waals surface area contributed by atoms with Gasteiger partial charge in [0, 0.05) is 17.3 Å². The summed E-state index contributed by atoms with van der Waals surface area (Å²) >= 11 is 0. The van der Waals surface area contributed by atoms with Crippen LogP contribution in [0.4, 0.5) is 0 Å². The lowest BCUT2D eigenvalue weighted by molar-refractivity contribution is 0.307. The predicted octanol–water partition coefficient (Wildman–Crippen LogP) is 6.50. The monoisotopic (exact) mass is 363 g/mol. The van der Waals surface area contributed by atoms with Crippen molar-refractivity contribution in [1.29, 1.82) is 0 Å². The third kappa shape index (κ3) is 4.36. The molecule has 1 aromatic heterocycles. The number of hydrogen-bond acceptors (Lipinski definition) is 2. The minimum absolute atomic E-state index is 0.511. The maximum atomic E-state index is 6.31. The van der Waals surface area contributed by atoms with Gasteiger partial charge >= 0.3 is 0 Å². The van der Waals surface area contributed by atoms with Gasteiger partial charge in [-0.25, -0.2) is 0 Å². The summed E-state index contributed by atoms with van der Waals surface area (Å²) in [4.78, 5) is 4.52. The third-order valence-electron chi connectivity index (χ3n) is 4.47. The first-order chi connectivity index (χ1) is 13.9. The van der Waals surface area contributed by atoms with Gasteiger partial charge in [0.1, 0.15) is 12.4 Å². The van der Waals surface area contributed by atoms with Gasteiger partial charge in [-0.15, -0.1) is 0 Å². The fourth-order valence-electron chi connectivity index (χ4n) is 3.05. The van der Waals surface area contributed by atoms with Gasteiger partial charge in [-0.1, -0.05) is 91.0 Å². The summed E-state index contributed by atoms with van der Waals surface area (Å²) < 4.78 is 6.31. The zero-order chi connectivity index (χ0) is 19.0. The van der Waals surface area contributed by atoms with Crippen molar-refractivity contribution in [1.82, 2.24) is 4.98 Å². The average Bonchev–Trinajstić information content (AvgIpc) is 2.78. The Morgan fingerprint density at radius 2 is 1.43 bits per heavy atom. The van der Waals surface area contributed by atoms with E-state index in [0.717, 1.165) is 33.7 Å².